The molecule has 20 heavy (non-hydrogen) atoms. The first-order valence-electron chi connectivity index (χ1n) is 6.11. The average molecular weight is 421 g/mol. The summed E-state index contributed by atoms with van der Waals surface area (Å²) < 4.78 is 19.8. The lowest BCUT2D eigenvalue weighted by Crippen LogP contribution is -1.99. The summed E-state index contributed by atoms with van der Waals surface area (Å²) in [4.78, 5) is -0.182. The van der Waals surface area contributed by atoms with Gasteiger partial charge in [0.05, 0.1) is 15.9 Å². The molecule has 0 bridgehead atoms. The minimum Gasteiger partial charge on any atom is -0.493 e. The predicted octanol–water partition coefficient (Wildman–Crippen LogP) is 5.66. The van der Waals surface area contributed by atoms with Crippen LogP contribution in [0.4, 0.5) is 4.39 Å². The van der Waals surface area contributed by atoms with E-state index in [-0.39, 0.29) is 10.6 Å². The molecule has 1 aliphatic heterocycles. The highest BCUT2D eigenvalue weighted by atomic mass is 79.9. The average Bonchev–Trinajstić information content (AvgIpc) is 2.88. The highest BCUT2D eigenvalue weighted by Gasteiger charge is 2.24. The molecule has 0 saturated heterocycles. The Balaban J connectivity index is 2.11. The summed E-state index contributed by atoms with van der Waals surface area (Å²) >= 11 is 13.1. The SMILES string of the molecule is Fc1cccc(C(Br)c2cc(Cl)cc3c2OCC3)c1Br. The van der Waals surface area contributed by atoms with E-state index >= 15 is 0 Å². The Morgan fingerprint density at radius 3 is 2.85 bits per heavy atom. The predicted molar refractivity (Wildman–Crippen MR) is 85.5 cm³/mol. The van der Waals surface area contributed by atoms with Crippen molar-refractivity contribution in [1.82, 2.24) is 0 Å². The largest absolute Gasteiger partial charge is 0.493 e. The Hall–Kier alpha value is -0.580. The van der Waals surface area contributed by atoms with Gasteiger partial charge in [0, 0.05) is 17.0 Å². The lowest BCUT2D eigenvalue weighted by Gasteiger charge is -2.16. The van der Waals surface area contributed by atoms with E-state index in [9.17, 15) is 4.39 Å². The topological polar surface area (TPSA) is 9.23 Å². The Bertz CT molecular complexity index is 675. The molecule has 1 heterocycles. The maximum Gasteiger partial charge on any atom is 0.137 e. The van der Waals surface area contributed by atoms with Crippen LogP contribution in [-0.2, 0) is 6.42 Å². The van der Waals surface area contributed by atoms with Crippen molar-refractivity contribution in [2.24, 2.45) is 0 Å². The molecule has 2 aromatic rings. The minimum absolute atomic E-state index is 0.182. The molecular weight excluding hydrogens is 410 g/mol. The van der Waals surface area contributed by atoms with Crippen LogP contribution in [-0.4, -0.2) is 6.61 Å². The van der Waals surface area contributed by atoms with E-state index < -0.39 is 0 Å². The van der Waals surface area contributed by atoms with Crippen molar-refractivity contribution in [3.8, 4) is 5.75 Å². The van der Waals surface area contributed by atoms with Gasteiger partial charge in [0.15, 0.2) is 0 Å². The first kappa shape index (κ1) is 14.4. The second kappa shape index (κ2) is 5.66. The molecule has 2 aromatic carbocycles. The summed E-state index contributed by atoms with van der Waals surface area (Å²) in [6.45, 7) is 0.659. The van der Waals surface area contributed by atoms with Crippen molar-refractivity contribution in [2.75, 3.05) is 6.61 Å². The van der Waals surface area contributed by atoms with Crippen molar-refractivity contribution >= 4 is 43.5 Å². The molecule has 5 heteroatoms. The number of benzene rings is 2. The third-order valence-electron chi connectivity index (χ3n) is 3.30. The van der Waals surface area contributed by atoms with Crippen molar-refractivity contribution in [2.45, 2.75) is 11.2 Å². The summed E-state index contributed by atoms with van der Waals surface area (Å²) in [5.41, 5.74) is 2.84. The van der Waals surface area contributed by atoms with Gasteiger partial charge in [-0.2, -0.15) is 0 Å². The van der Waals surface area contributed by atoms with Gasteiger partial charge in [-0.05, 0) is 45.3 Å². The Labute approximate surface area is 138 Å². The molecule has 0 saturated carbocycles. The third kappa shape index (κ3) is 2.49. The summed E-state index contributed by atoms with van der Waals surface area (Å²) in [5, 5.41) is 0.668. The van der Waals surface area contributed by atoms with Gasteiger partial charge in [0.2, 0.25) is 0 Å². The van der Waals surface area contributed by atoms with E-state index in [0.29, 0.717) is 16.1 Å². The molecule has 1 aliphatic rings. The van der Waals surface area contributed by atoms with Crippen LogP contribution >= 0.6 is 43.5 Å². The highest BCUT2D eigenvalue weighted by molar-refractivity contribution is 9.11. The van der Waals surface area contributed by atoms with Crippen molar-refractivity contribution in [1.29, 1.82) is 0 Å². The maximum atomic E-state index is 13.7. The Morgan fingerprint density at radius 2 is 2.05 bits per heavy atom. The van der Waals surface area contributed by atoms with Gasteiger partial charge >= 0.3 is 0 Å². The fourth-order valence-electron chi connectivity index (χ4n) is 2.37. The molecular formula is C15H10Br2ClFO. The van der Waals surface area contributed by atoms with Crippen LogP contribution < -0.4 is 4.74 Å². The van der Waals surface area contributed by atoms with Crippen LogP contribution in [0, 0.1) is 5.82 Å². The third-order valence-corrected chi connectivity index (χ3v) is 5.35. The molecule has 0 aliphatic carbocycles. The highest BCUT2D eigenvalue weighted by Crippen LogP contribution is 2.44. The number of rotatable bonds is 2. The monoisotopic (exact) mass is 418 g/mol. The quantitative estimate of drug-likeness (QED) is 0.570. The van der Waals surface area contributed by atoms with Crippen molar-refractivity contribution in [3.63, 3.8) is 0 Å². The van der Waals surface area contributed by atoms with E-state index in [2.05, 4.69) is 31.9 Å². The second-order valence-electron chi connectivity index (χ2n) is 4.59. The normalized spacial score (nSPS) is 14.8. The molecule has 0 radical (unpaired) electrons. The number of halogens is 4. The van der Waals surface area contributed by atoms with Crippen LogP contribution in [0.5, 0.6) is 5.75 Å². The Kier molecular flexibility index (Phi) is 4.07. The maximum absolute atomic E-state index is 13.7. The molecule has 1 atom stereocenters. The summed E-state index contributed by atoms with van der Waals surface area (Å²) in [6, 6.07) is 8.77. The van der Waals surface area contributed by atoms with Crippen LogP contribution in [0.25, 0.3) is 0 Å². The summed E-state index contributed by atoms with van der Waals surface area (Å²) in [6.07, 6.45) is 0.854. The molecule has 0 spiro atoms. The summed E-state index contributed by atoms with van der Waals surface area (Å²) in [5.74, 6) is 0.568. The van der Waals surface area contributed by atoms with E-state index in [1.54, 1.807) is 6.07 Å². The molecule has 0 aromatic heterocycles. The van der Waals surface area contributed by atoms with Gasteiger partial charge in [-0.1, -0.05) is 39.7 Å². The fraction of sp³-hybridized carbons (Fsp3) is 0.200. The standard InChI is InChI=1S/C15H10Br2ClFO/c16-13(10-2-1-3-12(19)14(10)17)11-7-9(18)6-8-4-5-20-15(8)11/h1-3,6-7,13H,4-5H2. The number of ether oxygens (including phenoxy) is 1. The second-order valence-corrected chi connectivity index (χ2v) is 6.73. The lowest BCUT2D eigenvalue weighted by molar-refractivity contribution is 0.354. The van der Waals surface area contributed by atoms with Crippen LogP contribution in [0.3, 0.4) is 0 Å². The lowest BCUT2D eigenvalue weighted by atomic mass is 10.0. The fourth-order valence-corrected chi connectivity index (χ4v) is 4.14. The minimum atomic E-state index is -0.286. The number of alkyl halides is 1. The van der Waals surface area contributed by atoms with Gasteiger partial charge < -0.3 is 4.74 Å². The van der Waals surface area contributed by atoms with Gasteiger partial charge in [0.25, 0.3) is 0 Å². The summed E-state index contributed by atoms with van der Waals surface area (Å²) in [7, 11) is 0. The zero-order valence-electron chi connectivity index (χ0n) is 10.3. The molecule has 0 fully saturated rings. The van der Waals surface area contributed by atoms with Crippen LogP contribution in [0.1, 0.15) is 21.5 Å². The first-order chi connectivity index (χ1) is 9.58. The molecule has 0 amide bonds. The smallest absolute Gasteiger partial charge is 0.137 e. The van der Waals surface area contributed by atoms with E-state index in [1.165, 1.54) is 6.07 Å². The first-order valence-corrected chi connectivity index (χ1v) is 8.19. The number of fused-ring (bicyclic) bond motifs is 1. The molecule has 104 valence electrons. The van der Waals surface area contributed by atoms with Crippen LogP contribution in [0.2, 0.25) is 5.02 Å². The van der Waals surface area contributed by atoms with E-state index in [4.69, 9.17) is 16.3 Å². The van der Waals surface area contributed by atoms with Crippen LogP contribution in [0.15, 0.2) is 34.8 Å². The van der Waals surface area contributed by atoms with Gasteiger partial charge in [-0.3, -0.25) is 0 Å². The molecule has 0 N–H and O–H groups in total. The number of hydrogen-bond acceptors (Lipinski definition) is 1. The van der Waals surface area contributed by atoms with E-state index in [1.807, 2.05) is 18.2 Å². The Morgan fingerprint density at radius 1 is 1.25 bits per heavy atom. The van der Waals surface area contributed by atoms with E-state index in [0.717, 1.165) is 28.9 Å². The zero-order valence-corrected chi connectivity index (χ0v) is 14.2. The van der Waals surface area contributed by atoms with Crippen molar-refractivity contribution in [3.05, 3.63) is 62.3 Å². The zero-order chi connectivity index (χ0) is 14.3. The molecule has 1 nitrogen and oxygen atoms in total. The van der Waals surface area contributed by atoms with Gasteiger partial charge in [0.1, 0.15) is 11.6 Å². The van der Waals surface area contributed by atoms with Gasteiger partial charge in [-0.15, -0.1) is 0 Å². The van der Waals surface area contributed by atoms with Gasteiger partial charge in [-0.25, -0.2) is 4.39 Å². The molecule has 3 rings (SSSR count). The number of hydrogen-bond donors (Lipinski definition) is 0. The molecule has 1 unspecified atom stereocenters. The van der Waals surface area contributed by atoms with Crippen molar-refractivity contribution < 1.29 is 9.13 Å².